The highest BCUT2D eigenvalue weighted by atomic mass is 15.3. The maximum Gasteiger partial charge on any atom is 0.0517 e. The molecule has 2 saturated heterocycles. The Hall–Kier alpha value is -0.840. The molecule has 0 radical (unpaired) electrons. The van der Waals surface area contributed by atoms with Gasteiger partial charge in [-0.3, -0.25) is 4.90 Å². The Kier molecular flexibility index (Phi) is 3.68. The average molecular weight is 248 g/mol. The zero-order chi connectivity index (χ0) is 12.4. The molecule has 3 heterocycles. The first kappa shape index (κ1) is 12.2. The second-order valence-corrected chi connectivity index (χ2v) is 5.63. The highest BCUT2D eigenvalue weighted by Gasteiger charge is 2.32. The smallest absolute Gasteiger partial charge is 0.0517 e. The second kappa shape index (κ2) is 5.43. The minimum absolute atomic E-state index is 0.549. The van der Waals surface area contributed by atoms with Crippen LogP contribution >= 0.6 is 0 Å². The van der Waals surface area contributed by atoms with Gasteiger partial charge in [0, 0.05) is 44.6 Å². The lowest BCUT2D eigenvalue weighted by atomic mass is 9.98. The van der Waals surface area contributed by atoms with Gasteiger partial charge in [-0.1, -0.05) is 0 Å². The van der Waals surface area contributed by atoms with Gasteiger partial charge >= 0.3 is 0 Å². The number of likely N-dealkylation sites (N-methyl/N-ethyl adjacent to an activating group) is 1. The first-order chi connectivity index (χ1) is 8.84. The van der Waals surface area contributed by atoms with Crippen LogP contribution in [-0.2, 0) is 0 Å². The molecule has 0 bridgehead atoms. The number of nitrogens with zero attached hydrogens (tertiary/aromatic N) is 2. The van der Waals surface area contributed by atoms with Crippen LogP contribution in [0.15, 0.2) is 18.5 Å². The van der Waals surface area contributed by atoms with E-state index in [1.807, 2.05) is 6.20 Å². The van der Waals surface area contributed by atoms with Crippen molar-refractivity contribution in [3.63, 3.8) is 0 Å². The Bertz CT molecular complexity index is 348. The van der Waals surface area contributed by atoms with Crippen LogP contribution in [0.4, 0.5) is 0 Å². The van der Waals surface area contributed by atoms with E-state index in [2.05, 4.69) is 39.4 Å². The third-order valence-corrected chi connectivity index (χ3v) is 4.37. The monoisotopic (exact) mass is 248 g/mol. The van der Waals surface area contributed by atoms with Crippen LogP contribution in [0.5, 0.6) is 0 Å². The number of nitrogens with one attached hydrogen (secondary N) is 2. The van der Waals surface area contributed by atoms with Gasteiger partial charge < -0.3 is 15.2 Å². The van der Waals surface area contributed by atoms with Crippen molar-refractivity contribution in [3.8, 4) is 0 Å². The van der Waals surface area contributed by atoms with E-state index in [0.717, 1.165) is 0 Å². The Morgan fingerprint density at radius 2 is 2.11 bits per heavy atom. The maximum atomic E-state index is 3.68. The molecule has 2 aliphatic rings. The van der Waals surface area contributed by atoms with Gasteiger partial charge in [0.2, 0.25) is 0 Å². The predicted octanol–water partition coefficient (Wildman–Crippen LogP) is 1.06. The van der Waals surface area contributed by atoms with Crippen molar-refractivity contribution < 1.29 is 0 Å². The predicted molar refractivity (Wildman–Crippen MR) is 73.6 cm³/mol. The van der Waals surface area contributed by atoms with E-state index in [1.165, 1.54) is 51.1 Å². The van der Waals surface area contributed by atoms with E-state index in [1.54, 1.807) is 0 Å². The average Bonchev–Trinajstić information content (AvgIpc) is 3.06. The fourth-order valence-electron chi connectivity index (χ4n) is 3.30. The summed E-state index contributed by atoms with van der Waals surface area (Å²) in [6.45, 7) is 5.93. The topological polar surface area (TPSA) is 34.3 Å². The quantitative estimate of drug-likeness (QED) is 0.839. The van der Waals surface area contributed by atoms with Crippen LogP contribution in [0, 0.1) is 0 Å². The molecule has 2 N–H and O–H groups in total. The standard InChI is InChI=1S/C14H24N4/c1-17-7-9-18(10-8-17)14(12-4-6-15-11-12)13-3-2-5-16-13/h4,6,11,13-16H,2-3,5,7-10H2,1H3. The van der Waals surface area contributed by atoms with Crippen molar-refractivity contribution in [2.45, 2.75) is 24.9 Å². The van der Waals surface area contributed by atoms with E-state index in [9.17, 15) is 0 Å². The van der Waals surface area contributed by atoms with Gasteiger partial charge in [0.25, 0.3) is 0 Å². The second-order valence-electron chi connectivity index (χ2n) is 5.63. The molecule has 2 fully saturated rings. The molecule has 0 spiro atoms. The molecule has 0 saturated carbocycles. The summed E-state index contributed by atoms with van der Waals surface area (Å²) >= 11 is 0. The first-order valence-electron chi connectivity index (χ1n) is 7.13. The third-order valence-electron chi connectivity index (χ3n) is 4.37. The number of piperazine rings is 1. The number of hydrogen-bond acceptors (Lipinski definition) is 3. The molecule has 4 nitrogen and oxygen atoms in total. The van der Waals surface area contributed by atoms with E-state index < -0.39 is 0 Å². The van der Waals surface area contributed by atoms with Gasteiger partial charge in [-0.15, -0.1) is 0 Å². The Morgan fingerprint density at radius 1 is 1.28 bits per heavy atom. The van der Waals surface area contributed by atoms with Crippen molar-refractivity contribution in [1.29, 1.82) is 0 Å². The molecule has 18 heavy (non-hydrogen) atoms. The van der Waals surface area contributed by atoms with Crippen molar-refractivity contribution in [2.24, 2.45) is 0 Å². The van der Waals surface area contributed by atoms with Crippen LogP contribution in [0.3, 0.4) is 0 Å². The minimum atomic E-state index is 0.549. The Labute approximate surface area is 109 Å². The molecule has 100 valence electrons. The number of hydrogen-bond donors (Lipinski definition) is 2. The summed E-state index contributed by atoms with van der Waals surface area (Å²) in [6.07, 6.45) is 6.85. The lowest BCUT2D eigenvalue weighted by Crippen LogP contribution is -2.50. The fraction of sp³-hybridized carbons (Fsp3) is 0.714. The molecule has 1 aromatic rings. The zero-order valence-corrected chi connectivity index (χ0v) is 11.2. The normalized spacial score (nSPS) is 28.6. The van der Waals surface area contributed by atoms with Gasteiger partial charge in [0.1, 0.15) is 0 Å². The summed E-state index contributed by atoms with van der Waals surface area (Å²) in [4.78, 5) is 8.30. The maximum absolute atomic E-state index is 3.68. The molecule has 0 amide bonds. The Balaban J connectivity index is 1.76. The van der Waals surface area contributed by atoms with Gasteiger partial charge in [0.15, 0.2) is 0 Å². The molecule has 4 heteroatoms. The van der Waals surface area contributed by atoms with E-state index >= 15 is 0 Å². The van der Waals surface area contributed by atoms with E-state index in [0.29, 0.717) is 12.1 Å². The molecular weight excluding hydrogens is 224 g/mol. The van der Waals surface area contributed by atoms with Gasteiger partial charge in [-0.05, 0) is 38.1 Å². The summed E-state index contributed by atoms with van der Waals surface area (Å²) in [7, 11) is 2.22. The van der Waals surface area contributed by atoms with E-state index in [4.69, 9.17) is 0 Å². The molecule has 2 unspecified atom stereocenters. The zero-order valence-electron chi connectivity index (χ0n) is 11.2. The highest BCUT2D eigenvalue weighted by Crippen LogP contribution is 2.29. The molecule has 0 aromatic carbocycles. The summed E-state index contributed by atoms with van der Waals surface area (Å²) in [5.41, 5.74) is 1.44. The van der Waals surface area contributed by atoms with Gasteiger partial charge in [0.05, 0.1) is 6.04 Å². The summed E-state index contributed by atoms with van der Waals surface area (Å²) in [5, 5.41) is 3.68. The lowest BCUT2D eigenvalue weighted by Gasteiger charge is -2.40. The fourth-order valence-corrected chi connectivity index (χ4v) is 3.30. The number of aromatic amines is 1. The third kappa shape index (κ3) is 2.46. The molecule has 3 rings (SSSR count). The van der Waals surface area contributed by atoms with Crippen LogP contribution in [0.2, 0.25) is 0 Å². The number of aromatic nitrogens is 1. The largest absolute Gasteiger partial charge is 0.367 e. The number of H-pyrrole nitrogens is 1. The summed E-state index contributed by atoms with van der Waals surface area (Å²) < 4.78 is 0. The van der Waals surface area contributed by atoms with Crippen LogP contribution < -0.4 is 5.32 Å². The lowest BCUT2D eigenvalue weighted by molar-refractivity contribution is 0.0939. The minimum Gasteiger partial charge on any atom is -0.367 e. The van der Waals surface area contributed by atoms with Crippen molar-refractivity contribution in [1.82, 2.24) is 20.1 Å². The van der Waals surface area contributed by atoms with Gasteiger partial charge in [-0.25, -0.2) is 0 Å². The van der Waals surface area contributed by atoms with Crippen molar-refractivity contribution >= 4 is 0 Å². The first-order valence-corrected chi connectivity index (χ1v) is 7.13. The van der Waals surface area contributed by atoms with Crippen molar-refractivity contribution in [2.75, 3.05) is 39.8 Å². The summed E-state index contributed by atoms with van der Waals surface area (Å²) in [6, 6.07) is 3.42. The van der Waals surface area contributed by atoms with Crippen LogP contribution in [0.1, 0.15) is 24.4 Å². The highest BCUT2D eigenvalue weighted by molar-refractivity contribution is 5.17. The summed E-state index contributed by atoms with van der Waals surface area (Å²) in [5.74, 6) is 0. The van der Waals surface area contributed by atoms with Gasteiger partial charge in [-0.2, -0.15) is 0 Å². The molecule has 2 atom stereocenters. The van der Waals surface area contributed by atoms with Crippen LogP contribution in [0.25, 0.3) is 0 Å². The van der Waals surface area contributed by atoms with Crippen molar-refractivity contribution in [3.05, 3.63) is 24.0 Å². The molecule has 0 aliphatic carbocycles. The van der Waals surface area contributed by atoms with Crippen LogP contribution in [-0.4, -0.2) is 60.6 Å². The molecular formula is C14H24N4. The molecule has 2 aliphatic heterocycles. The molecule has 1 aromatic heterocycles. The SMILES string of the molecule is CN1CCN(C(c2cc[nH]c2)C2CCCN2)CC1. The van der Waals surface area contributed by atoms with E-state index in [-0.39, 0.29) is 0 Å². The Morgan fingerprint density at radius 3 is 2.72 bits per heavy atom. The number of rotatable bonds is 3.